The van der Waals surface area contributed by atoms with Crippen molar-refractivity contribution in [3.8, 4) is 0 Å². The Hall–Kier alpha value is -0.118. The summed E-state index contributed by atoms with van der Waals surface area (Å²) >= 11 is 0. The van der Waals surface area contributed by atoms with E-state index in [1.165, 1.54) is 5.56 Å². The van der Waals surface area contributed by atoms with E-state index in [4.69, 9.17) is 0 Å². The van der Waals surface area contributed by atoms with Crippen molar-refractivity contribution in [2.24, 2.45) is 0 Å². The van der Waals surface area contributed by atoms with Crippen LogP contribution >= 0.6 is 0 Å². The quantitative estimate of drug-likeness (QED) is 0.552. The normalized spacial score (nSPS) is 9.22. The molecule has 1 rings (SSSR count). The number of rotatable bonds is 1. The van der Waals surface area contributed by atoms with Crippen molar-refractivity contribution in [1.29, 1.82) is 0 Å². The van der Waals surface area contributed by atoms with Gasteiger partial charge in [-0.3, -0.25) is 0 Å². The molecule has 0 saturated heterocycles. The minimum atomic E-state index is 0. The molecular formula is C8H11Cr-. The third-order valence-corrected chi connectivity index (χ3v) is 1.36. The minimum Gasteiger partial charge on any atom is -0.213 e. The second-order valence-corrected chi connectivity index (χ2v) is 2.37. The molecule has 1 aromatic carbocycles. The Bertz CT molecular complexity index is 140. The van der Waals surface area contributed by atoms with E-state index >= 15 is 0 Å². The first-order chi connectivity index (χ1) is 3.80. The summed E-state index contributed by atoms with van der Waals surface area (Å²) < 4.78 is 0. The van der Waals surface area contributed by atoms with E-state index in [0.717, 1.165) is 0 Å². The standard InChI is InChI=1S/C8H11.Cr/c1-7(2)8-5-3-4-6-8;/h3-7H,1-2H3;/q-1;. The van der Waals surface area contributed by atoms with E-state index in [-0.39, 0.29) is 17.4 Å². The van der Waals surface area contributed by atoms with Gasteiger partial charge in [0.05, 0.1) is 0 Å². The van der Waals surface area contributed by atoms with Gasteiger partial charge in [-0.05, 0) is 0 Å². The maximum atomic E-state index is 2.20. The van der Waals surface area contributed by atoms with Crippen LogP contribution in [0.1, 0.15) is 25.3 Å². The van der Waals surface area contributed by atoms with Crippen LogP contribution < -0.4 is 0 Å². The molecule has 0 saturated carbocycles. The first-order valence-electron chi connectivity index (χ1n) is 3.02. The molecule has 0 N–H and O–H groups in total. The fourth-order valence-corrected chi connectivity index (χ4v) is 0.774. The first-order valence-corrected chi connectivity index (χ1v) is 3.02. The largest absolute Gasteiger partial charge is 0.213 e. The Morgan fingerprint density at radius 1 is 1.11 bits per heavy atom. The van der Waals surface area contributed by atoms with Crippen LogP contribution in [0.4, 0.5) is 0 Å². The van der Waals surface area contributed by atoms with Gasteiger partial charge < -0.3 is 0 Å². The van der Waals surface area contributed by atoms with Gasteiger partial charge in [0.25, 0.3) is 0 Å². The molecule has 0 amide bonds. The van der Waals surface area contributed by atoms with Crippen LogP contribution in [0.25, 0.3) is 0 Å². The van der Waals surface area contributed by atoms with Gasteiger partial charge in [0.1, 0.15) is 0 Å². The molecule has 0 aliphatic heterocycles. The van der Waals surface area contributed by atoms with Crippen LogP contribution in [0.15, 0.2) is 24.3 Å². The van der Waals surface area contributed by atoms with Crippen LogP contribution in [0, 0.1) is 0 Å². The van der Waals surface area contributed by atoms with Crippen molar-refractivity contribution in [2.45, 2.75) is 19.8 Å². The molecular weight excluding hydrogens is 148 g/mol. The van der Waals surface area contributed by atoms with E-state index in [0.29, 0.717) is 5.92 Å². The Morgan fingerprint density at radius 3 is 1.78 bits per heavy atom. The summed E-state index contributed by atoms with van der Waals surface area (Å²) in [5.41, 5.74) is 1.44. The van der Waals surface area contributed by atoms with E-state index in [2.05, 4.69) is 38.1 Å². The molecule has 0 aromatic heterocycles. The molecule has 0 bridgehead atoms. The Kier molecular flexibility index (Phi) is 3.77. The van der Waals surface area contributed by atoms with Gasteiger partial charge in [0.15, 0.2) is 0 Å². The molecule has 0 aliphatic carbocycles. The fourth-order valence-electron chi connectivity index (χ4n) is 0.774. The van der Waals surface area contributed by atoms with Crippen LogP contribution in [-0.4, -0.2) is 0 Å². The molecule has 0 spiro atoms. The summed E-state index contributed by atoms with van der Waals surface area (Å²) in [6.07, 6.45) is 0. The number of hydrogen-bond donors (Lipinski definition) is 0. The van der Waals surface area contributed by atoms with E-state index in [1.54, 1.807) is 0 Å². The van der Waals surface area contributed by atoms with Crippen molar-refractivity contribution >= 4 is 0 Å². The van der Waals surface area contributed by atoms with Gasteiger partial charge in [-0.1, -0.05) is 19.8 Å². The van der Waals surface area contributed by atoms with Crippen LogP contribution in [0.5, 0.6) is 0 Å². The molecule has 0 nitrogen and oxygen atoms in total. The van der Waals surface area contributed by atoms with Crippen LogP contribution in [0.2, 0.25) is 0 Å². The molecule has 0 unspecified atom stereocenters. The topological polar surface area (TPSA) is 0 Å². The summed E-state index contributed by atoms with van der Waals surface area (Å²) in [6.45, 7) is 4.41. The van der Waals surface area contributed by atoms with Gasteiger partial charge in [-0.2, -0.15) is 17.7 Å². The van der Waals surface area contributed by atoms with Crippen molar-refractivity contribution in [2.75, 3.05) is 0 Å². The van der Waals surface area contributed by atoms with Gasteiger partial charge in [0, 0.05) is 17.4 Å². The van der Waals surface area contributed by atoms with E-state index < -0.39 is 0 Å². The third kappa shape index (κ3) is 2.30. The second kappa shape index (κ2) is 3.82. The summed E-state index contributed by atoms with van der Waals surface area (Å²) in [5, 5.41) is 0. The molecule has 9 heavy (non-hydrogen) atoms. The zero-order valence-electron chi connectivity index (χ0n) is 5.79. The van der Waals surface area contributed by atoms with Crippen molar-refractivity contribution in [1.82, 2.24) is 0 Å². The molecule has 0 aliphatic rings. The Morgan fingerprint density at radius 2 is 1.56 bits per heavy atom. The SMILES string of the molecule is CC(C)[c-]1cccc1.[Cr]. The second-order valence-electron chi connectivity index (χ2n) is 2.37. The Balaban J connectivity index is 0.000000640. The summed E-state index contributed by atoms with van der Waals surface area (Å²) in [6, 6.07) is 8.47. The molecule has 0 heterocycles. The Labute approximate surface area is 67.4 Å². The van der Waals surface area contributed by atoms with Gasteiger partial charge in [0.2, 0.25) is 0 Å². The summed E-state index contributed by atoms with van der Waals surface area (Å²) in [5.74, 6) is 0.685. The van der Waals surface area contributed by atoms with E-state index in [9.17, 15) is 0 Å². The van der Waals surface area contributed by atoms with Crippen LogP contribution in [0.3, 0.4) is 0 Å². The fraction of sp³-hybridized carbons (Fsp3) is 0.375. The van der Waals surface area contributed by atoms with Gasteiger partial charge >= 0.3 is 0 Å². The van der Waals surface area contributed by atoms with Gasteiger partial charge in [-0.25, -0.2) is 12.1 Å². The summed E-state index contributed by atoms with van der Waals surface area (Å²) in [4.78, 5) is 0. The maximum Gasteiger partial charge on any atom is 0 e. The minimum absolute atomic E-state index is 0. The van der Waals surface area contributed by atoms with Crippen molar-refractivity contribution in [3.05, 3.63) is 29.8 Å². The predicted molar refractivity (Wildman–Crippen MR) is 36.1 cm³/mol. The smallest absolute Gasteiger partial charge is 0 e. The molecule has 1 heteroatoms. The predicted octanol–water partition coefficient (Wildman–Crippen LogP) is 2.53. The monoisotopic (exact) mass is 159 g/mol. The maximum absolute atomic E-state index is 2.20. The number of hydrogen-bond acceptors (Lipinski definition) is 0. The zero-order chi connectivity index (χ0) is 5.98. The van der Waals surface area contributed by atoms with Gasteiger partial charge in [-0.15, -0.1) is 0 Å². The molecule has 0 atom stereocenters. The van der Waals surface area contributed by atoms with E-state index in [1.807, 2.05) is 0 Å². The molecule has 50 valence electrons. The molecule has 0 radical (unpaired) electrons. The zero-order valence-corrected chi connectivity index (χ0v) is 7.07. The summed E-state index contributed by atoms with van der Waals surface area (Å²) in [7, 11) is 0. The van der Waals surface area contributed by atoms with Crippen molar-refractivity contribution in [3.63, 3.8) is 0 Å². The van der Waals surface area contributed by atoms with Crippen molar-refractivity contribution < 1.29 is 17.4 Å². The first kappa shape index (κ1) is 8.88. The average molecular weight is 159 g/mol. The molecule has 1 aromatic rings. The van der Waals surface area contributed by atoms with Crippen LogP contribution in [-0.2, 0) is 17.4 Å². The molecule has 0 fully saturated rings. The third-order valence-electron chi connectivity index (χ3n) is 1.36. The average Bonchev–Trinajstić information content (AvgIpc) is 2.12.